The Balaban J connectivity index is 1.80. The maximum Gasteiger partial charge on any atom is 0.231 e. The van der Waals surface area contributed by atoms with Gasteiger partial charge in [-0.25, -0.2) is 0 Å². The number of aryl methyl sites for hydroxylation is 2. The molecule has 0 bridgehead atoms. The number of fused-ring (bicyclic) bond motifs is 1. The Kier molecular flexibility index (Phi) is 3.48. The summed E-state index contributed by atoms with van der Waals surface area (Å²) < 4.78 is 10.6. The molecule has 0 unspecified atom stereocenters. The molecule has 0 aliphatic carbocycles. The van der Waals surface area contributed by atoms with E-state index in [2.05, 4.69) is 0 Å². The molecule has 0 aromatic heterocycles. The SMILES string of the molecule is Cc1ccc(C(=O)/C=C/c2ccc3c(c2)OCO3)c(C)c1. The molecule has 3 heteroatoms. The molecule has 1 aliphatic heterocycles. The van der Waals surface area contributed by atoms with E-state index < -0.39 is 0 Å². The first-order valence-corrected chi connectivity index (χ1v) is 6.83. The lowest BCUT2D eigenvalue weighted by atomic mass is 10.0. The van der Waals surface area contributed by atoms with Crippen LogP contribution in [0.15, 0.2) is 42.5 Å². The van der Waals surface area contributed by atoms with E-state index in [1.807, 2.05) is 50.2 Å². The number of hydrogen-bond donors (Lipinski definition) is 0. The van der Waals surface area contributed by atoms with Crippen molar-refractivity contribution in [2.45, 2.75) is 13.8 Å². The number of rotatable bonds is 3. The van der Waals surface area contributed by atoms with E-state index in [4.69, 9.17) is 9.47 Å². The third kappa shape index (κ3) is 2.82. The van der Waals surface area contributed by atoms with Crippen LogP contribution < -0.4 is 9.47 Å². The summed E-state index contributed by atoms with van der Waals surface area (Å²) in [6.07, 6.45) is 3.39. The van der Waals surface area contributed by atoms with Crippen molar-refractivity contribution in [1.29, 1.82) is 0 Å². The topological polar surface area (TPSA) is 35.5 Å². The lowest BCUT2D eigenvalue weighted by molar-refractivity contribution is 0.104. The van der Waals surface area contributed by atoms with Crippen LogP contribution in [0.1, 0.15) is 27.0 Å². The molecule has 1 aliphatic rings. The Bertz CT molecular complexity index is 729. The molecule has 2 aromatic rings. The molecule has 0 radical (unpaired) electrons. The third-order valence-corrected chi connectivity index (χ3v) is 3.47. The summed E-state index contributed by atoms with van der Waals surface area (Å²) in [6.45, 7) is 4.22. The van der Waals surface area contributed by atoms with Crippen molar-refractivity contribution < 1.29 is 14.3 Å². The predicted molar refractivity (Wildman–Crippen MR) is 81.8 cm³/mol. The molecule has 21 heavy (non-hydrogen) atoms. The summed E-state index contributed by atoms with van der Waals surface area (Å²) in [5.74, 6) is 1.47. The average molecular weight is 280 g/mol. The van der Waals surface area contributed by atoms with Crippen LogP contribution in [-0.4, -0.2) is 12.6 Å². The number of hydrogen-bond acceptors (Lipinski definition) is 3. The van der Waals surface area contributed by atoms with E-state index in [-0.39, 0.29) is 12.6 Å². The van der Waals surface area contributed by atoms with Crippen LogP contribution in [0.3, 0.4) is 0 Å². The molecule has 3 nitrogen and oxygen atoms in total. The molecule has 3 rings (SSSR count). The van der Waals surface area contributed by atoms with Gasteiger partial charge in [0.25, 0.3) is 0 Å². The molecule has 2 aromatic carbocycles. The Labute approximate surface area is 123 Å². The summed E-state index contributed by atoms with van der Waals surface area (Å²) in [6, 6.07) is 11.5. The lowest BCUT2D eigenvalue weighted by Gasteiger charge is -2.03. The summed E-state index contributed by atoms with van der Waals surface area (Å²) in [5.41, 5.74) is 3.80. The lowest BCUT2D eigenvalue weighted by Crippen LogP contribution is -1.98. The Morgan fingerprint density at radius 1 is 1.05 bits per heavy atom. The first-order chi connectivity index (χ1) is 10.1. The highest BCUT2D eigenvalue weighted by Crippen LogP contribution is 2.32. The van der Waals surface area contributed by atoms with E-state index >= 15 is 0 Å². The van der Waals surface area contributed by atoms with Gasteiger partial charge in [-0.2, -0.15) is 0 Å². The molecule has 0 fully saturated rings. The van der Waals surface area contributed by atoms with E-state index in [1.54, 1.807) is 12.2 Å². The third-order valence-electron chi connectivity index (χ3n) is 3.47. The van der Waals surface area contributed by atoms with Crippen molar-refractivity contribution in [2.75, 3.05) is 6.79 Å². The first kappa shape index (κ1) is 13.4. The van der Waals surface area contributed by atoms with Gasteiger partial charge >= 0.3 is 0 Å². The largest absolute Gasteiger partial charge is 0.454 e. The van der Waals surface area contributed by atoms with Crippen molar-refractivity contribution in [3.63, 3.8) is 0 Å². The van der Waals surface area contributed by atoms with Crippen molar-refractivity contribution in [2.24, 2.45) is 0 Å². The van der Waals surface area contributed by atoms with Crippen LogP contribution in [-0.2, 0) is 0 Å². The molecule has 0 saturated heterocycles. The molecular formula is C18H16O3. The highest BCUT2D eigenvalue weighted by Gasteiger charge is 2.12. The summed E-state index contributed by atoms with van der Waals surface area (Å²) in [7, 11) is 0. The molecule has 0 amide bonds. The summed E-state index contributed by atoms with van der Waals surface area (Å²) in [4.78, 5) is 12.2. The van der Waals surface area contributed by atoms with Crippen molar-refractivity contribution in [1.82, 2.24) is 0 Å². The van der Waals surface area contributed by atoms with Crippen LogP contribution >= 0.6 is 0 Å². The minimum atomic E-state index is 0.00478. The minimum absolute atomic E-state index is 0.00478. The Morgan fingerprint density at radius 2 is 1.86 bits per heavy atom. The molecule has 0 N–H and O–H groups in total. The normalized spacial score (nSPS) is 12.9. The Hall–Kier alpha value is -2.55. The van der Waals surface area contributed by atoms with Gasteiger partial charge in [0.05, 0.1) is 0 Å². The van der Waals surface area contributed by atoms with Crippen LogP contribution in [0.2, 0.25) is 0 Å². The smallest absolute Gasteiger partial charge is 0.231 e. The zero-order chi connectivity index (χ0) is 14.8. The van der Waals surface area contributed by atoms with Crippen molar-refractivity contribution >= 4 is 11.9 Å². The average Bonchev–Trinajstić information content (AvgIpc) is 2.92. The Morgan fingerprint density at radius 3 is 2.67 bits per heavy atom. The number of benzene rings is 2. The molecule has 0 saturated carbocycles. The second kappa shape index (κ2) is 5.44. The second-order valence-corrected chi connectivity index (χ2v) is 5.13. The van der Waals surface area contributed by atoms with Gasteiger partial charge < -0.3 is 9.47 Å². The quantitative estimate of drug-likeness (QED) is 0.631. The van der Waals surface area contributed by atoms with Crippen LogP contribution in [0.5, 0.6) is 11.5 Å². The number of carbonyl (C=O) groups excluding carboxylic acids is 1. The fourth-order valence-corrected chi connectivity index (χ4v) is 2.37. The van der Waals surface area contributed by atoms with Crippen LogP contribution in [0.25, 0.3) is 6.08 Å². The number of ether oxygens (including phenoxy) is 2. The van der Waals surface area contributed by atoms with Gasteiger partial charge in [0.15, 0.2) is 17.3 Å². The highest BCUT2D eigenvalue weighted by molar-refractivity contribution is 6.07. The van der Waals surface area contributed by atoms with E-state index in [0.717, 1.165) is 33.8 Å². The van der Waals surface area contributed by atoms with Crippen molar-refractivity contribution in [3.05, 3.63) is 64.7 Å². The standard InChI is InChI=1S/C18H16O3/c1-12-3-6-15(13(2)9-12)16(19)7-4-14-5-8-17-18(10-14)21-11-20-17/h3-10H,11H2,1-2H3/b7-4+. The fourth-order valence-electron chi connectivity index (χ4n) is 2.37. The predicted octanol–water partition coefficient (Wildman–Crippen LogP) is 3.93. The van der Waals surface area contributed by atoms with Crippen LogP contribution in [0, 0.1) is 13.8 Å². The van der Waals surface area contributed by atoms with Gasteiger partial charge in [-0.3, -0.25) is 4.79 Å². The molecular weight excluding hydrogens is 264 g/mol. The van der Waals surface area contributed by atoms with Gasteiger partial charge in [0, 0.05) is 5.56 Å². The van der Waals surface area contributed by atoms with Gasteiger partial charge in [-0.15, -0.1) is 0 Å². The van der Waals surface area contributed by atoms with Gasteiger partial charge in [0.1, 0.15) is 0 Å². The summed E-state index contributed by atoms with van der Waals surface area (Å²) >= 11 is 0. The van der Waals surface area contributed by atoms with E-state index in [9.17, 15) is 4.79 Å². The van der Waals surface area contributed by atoms with Gasteiger partial charge in [0.2, 0.25) is 6.79 Å². The first-order valence-electron chi connectivity index (χ1n) is 6.83. The number of allylic oxidation sites excluding steroid dienone is 1. The van der Waals surface area contributed by atoms with Gasteiger partial charge in [-0.05, 0) is 43.2 Å². The minimum Gasteiger partial charge on any atom is -0.454 e. The van der Waals surface area contributed by atoms with E-state index in [1.165, 1.54) is 0 Å². The molecule has 106 valence electrons. The maximum atomic E-state index is 12.2. The zero-order valence-electron chi connectivity index (χ0n) is 12.1. The molecule has 0 spiro atoms. The molecule has 0 atom stereocenters. The highest BCUT2D eigenvalue weighted by atomic mass is 16.7. The second-order valence-electron chi connectivity index (χ2n) is 5.13. The number of ketones is 1. The maximum absolute atomic E-state index is 12.2. The summed E-state index contributed by atoms with van der Waals surface area (Å²) in [5, 5.41) is 0. The van der Waals surface area contributed by atoms with Crippen LogP contribution in [0.4, 0.5) is 0 Å². The van der Waals surface area contributed by atoms with Gasteiger partial charge in [-0.1, -0.05) is 35.9 Å². The fraction of sp³-hybridized carbons (Fsp3) is 0.167. The van der Waals surface area contributed by atoms with E-state index in [0.29, 0.717) is 0 Å². The monoisotopic (exact) mass is 280 g/mol. The zero-order valence-corrected chi connectivity index (χ0v) is 12.1. The number of carbonyl (C=O) groups is 1. The van der Waals surface area contributed by atoms with Crippen molar-refractivity contribution in [3.8, 4) is 11.5 Å². The molecule has 1 heterocycles.